The summed E-state index contributed by atoms with van der Waals surface area (Å²) in [6.45, 7) is 4.07. The Hall–Kier alpha value is -2.85. The van der Waals surface area contributed by atoms with Crippen LogP contribution in [0.3, 0.4) is 0 Å². The Morgan fingerprint density at radius 2 is 1.09 bits per heavy atom. The van der Waals surface area contributed by atoms with Gasteiger partial charge in [0.2, 0.25) is 0 Å². The lowest BCUT2D eigenvalue weighted by Gasteiger charge is -2.07. The molecule has 0 aliphatic rings. The van der Waals surface area contributed by atoms with Gasteiger partial charge >= 0.3 is 0 Å². The van der Waals surface area contributed by atoms with Crippen LogP contribution in [0.15, 0.2) is 66.7 Å². The monoisotopic (exact) mass is 283 g/mol. The topological polar surface area (TPSA) is 23.8 Å². The molecule has 0 aliphatic heterocycles. The second-order valence-corrected chi connectivity index (χ2v) is 5.58. The highest BCUT2D eigenvalue weighted by Crippen LogP contribution is 2.26. The first-order valence-corrected chi connectivity index (χ1v) is 7.35. The zero-order valence-corrected chi connectivity index (χ0v) is 12.8. The average Bonchev–Trinajstić information content (AvgIpc) is 2.56. The van der Waals surface area contributed by atoms with E-state index < -0.39 is 0 Å². The molecule has 106 valence electrons. The lowest BCUT2D eigenvalue weighted by atomic mass is 9.97. The Bertz CT molecular complexity index is 835. The van der Waals surface area contributed by atoms with Gasteiger partial charge in [0.15, 0.2) is 0 Å². The Balaban J connectivity index is 1.93. The van der Waals surface area contributed by atoms with E-state index >= 15 is 0 Å². The Morgan fingerprint density at radius 1 is 0.636 bits per heavy atom. The fourth-order valence-corrected chi connectivity index (χ4v) is 2.57. The summed E-state index contributed by atoms with van der Waals surface area (Å²) in [5.41, 5.74) is 7.79. The van der Waals surface area contributed by atoms with Crippen molar-refractivity contribution in [3.05, 3.63) is 83.4 Å². The van der Waals surface area contributed by atoms with Crippen molar-refractivity contribution in [1.82, 2.24) is 0 Å². The first-order chi connectivity index (χ1) is 10.7. The molecule has 3 aromatic rings. The third-order valence-electron chi connectivity index (χ3n) is 3.95. The van der Waals surface area contributed by atoms with Crippen molar-refractivity contribution >= 4 is 0 Å². The number of nitrogens with zero attached hydrogens (tertiary/aromatic N) is 1. The van der Waals surface area contributed by atoms with Gasteiger partial charge in [-0.05, 0) is 47.7 Å². The molecule has 0 aliphatic carbocycles. The third-order valence-corrected chi connectivity index (χ3v) is 3.95. The number of hydrogen-bond acceptors (Lipinski definition) is 1. The minimum Gasteiger partial charge on any atom is -0.192 e. The molecular formula is C21H17N. The highest BCUT2D eigenvalue weighted by molar-refractivity contribution is 5.71. The first-order valence-electron chi connectivity index (χ1n) is 7.35. The van der Waals surface area contributed by atoms with Gasteiger partial charge in [0, 0.05) is 0 Å². The summed E-state index contributed by atoms with van der Waals surface area (Å²) in [5, 5.41) is 9.01. The lowest BCUT2D eigenvalue weighted by Crippen LogP contribution is -1.85. The van der Waals surface area contributed by atoms with Crippen LogP contribution in [0.2, 0.25) is 0 Å². The minimum atomic E-state index is 0.736. The van der Waals surface area contributed by atoms with Gasteiger partial charge in [-0.2, -0.15) is 5.26 Å². The summed E-state index contributed by atoms with van der Waals surface area (Å²) in [6.07, 6.45) is 0. The van der Waals surface area contributed by atoms with E-state index in [1.165, 1.54) is 22.3 Å². The molecular weight excluding hydrogens is 266 g/mol. The van der Waals surface area contributed by atoms with Crippen LogP contribution >= 0.6 is 0 Å². The largest absolute Gasteiger partial charge is 0.192 e. The maximum absolute atomic E-state index is 9.01. The number of benzene rings is 3. The second-order valence-electron chi connectivity index (χ2n) is 5.58. The quantitative estimate of drug-likeness (QED) is 0.608. The molecule has 0 unspecified atom stereocenters. The van der Waals surface area contributed by atoms with Gasteiger partial charge < -0.3 is 0 Å². The molecule has 0 saturated carbocycles. The predicted molar refractivity (Wildman–Crippen MR) is 91.5 cm³/mol. The van der Waals surface area contributed by atoms with Crippen LogP contribution < -0.4 is 0 Å². The van der Waals surface area contributed by atoms with Crippen molar-refractivity contribution < 1.29 is 0 Å². The molecule has 0 saturated heterocycles. The standard InChI is InChI=1S/C21H17N/c1-15-3-5-17(6-4-15)18-7-9-19(10-8-18)20-11-12-21(14-22)16(2)13-20/h3-13H,1-2H3. The molecule has 0 spiro atoms. The lowest BCUT2D eigenvalue weighted by molar-refractivity contribution is 1.39. The summed E-state index contributed by atoms with van der Waals surface area (Å²) in [6, 6.07) is 25.3. The molecule has 0 N–H and O–H groups in total. The molecule has 3 aromatic carbocycles. The van der Waals surface area contributed by atoms with Crippen LogP contribution in [-0.4, -0.2) is 0 Å². The highest BCUT2D eigenvalue weighted by atomic mass is 14.2. The van der Waals surface area contributed by atoms with Crippen molar-refractivity contribution in [2.75, 3.05) is 0 Å². The van der Waals surface area contributed by atoms with Crippen molar-refractivity contribution in [3.63, 3.8) is 0 Å². The maximum Gasteiger partial charge on any atom is 0.0994 e. The zero-order chi connectivity index (χ0) is 15.5. The average molecular weight is 283 g/mol. The summed E-state index contributed by atoms with van der Waals surface area (Å²) < 4.78 is 0. The summed E-state index contributed by atoms with van der Waals surface area (Å²) in [7, 11) is 0. The molecule has 1 nitrogen and oxygen atoms in total. The van der Waals surface area contributed by atoms with Gasteiger partial charge in [-0.25, -0.2) is 0 Å². The number of hydrogen-bond donors (Lipinski definition) is 0. The third kappa shape index (κ3) is 2.77. The number of rotatable bonds is 2. The van der Waals surface area contributed by atoms with Crippen LogP contribution in [0.25, 0.3) is 22.3 Å². The van der Waals surface area contributed by atoms with Gasteiger partial charge in [0.25, 0.3) is 0 Å². The molecule has 0 fully saturated rings. The van der Waals surface area contributed by atoms with Crippen LogP contribution in [0.4, 0.5) is 0 Å². The fourth-order valence-electron chi connectivity index (χ4n) is 2.57. The molecule has 0 atom stereocenters. The molecule has 3 rings (SSSR count). The van der Waals surface area contributed by atoms with Crippen LogP contribution in [0, 0.1) is 25.2 Å². The zero-order valence-electron chi connectivity index (χ0n) is 12.8. The van der Waals surface area contributed by atoms with Gasteiger partial charge in [0.05, 0.1) is 11.6 Å². The Morgan fingerprint density at radius 3 is 1.59 bits per heavy atom. The van der Waals surface area contributed by atoms with E-state index in [4.69, 9.17) is 5.26 Å². The molecule has 1 heteroatoms. The fraction of sp³-hybridized carbons (Fsp3) is 0.0952. The smallest absolute Gasteiger partial charge is 0.0994 e. The minimum absolute atomic E-state index is 0.736. The number of nitriles is 1. The molecule has 0 amide bonds. The van der Waals surface area contributed by atoms with E-state index in [-0.39, 0.29) is 0 Å². The first kappa shape index (κ1) is 14.1. The summed E-state index contributed by atoms with van der Waals surface area (Å²) >= 11 is 0. The number of aryl methyl sites for hydroxylation is 2. The van der Waals surface area contributed by atoms with Gasteiger partial charge in [0.1, 0.15) is 0 Å². The molecule has 0 heterocycles. The van der Waals surface area contributed by atoms with Crippen LogP contribution in [-0.2, 0) is 0 Å². The second kappa shape index (κ2) is 5.87. The van der Waals surface area contributed by atoms with Gasteiger partial charge in [-0.1, -0.05) is 66.2 Å². The molecule has 0 bridgehead atoms. The van der Waals surface area contributed by atoms with E-state index in [1.807, 2.05) is 19.1 Å². The van der Waals surface area contributed by atoms with E-state index in [0.717, 1.165) is 16.7 Å². The van der Waals surface area contributed by atoms with Crippen molar-refractivity contribution in [2.24, 2.45) is 0 Å². The molecule has 22 heavy (non-hydrogen) atoms. The Kier molecular flexibility index (Phi) is 3.76. The van der Waals surface area contributed by atoms with Gasteiger partial charge in [-0.15, -0.1) is 0 Å². The van der Waals surface area contributed by atoms with Crippen molar-refractivity contribution in [3.8, 4) is 28.3 Å². The van der Waals surface area contributed by atoms with E-state index in [1.54, 1.807) is 0 Å². The maximum atomic E-state index is 9.01. The van der Waals surface area contributed by atoms with Crippen molar-refractivity contribution in [2.45, 2.75) is 13.8 Å². The van der Waals surface area contributed by atoms with Crippen LogP contribution in [0.5, 0.6) is 0 Å². The van der Waals surface area contributed by atoms with Crippen molar-refractivity contribution in [1.29, 1.82) is 5.26 Å². The normalized spacial score (nSPS) is 10.2. The molecule has 0 aromatic heterocycles. The van der Waals surface area contributed by atoms with E-state index in [9.17, 15) is 0 Å². The van der Waals surface area contributed by atoms with E-state index in [0.29, 0.717) is 0 Å². The van der Waals surface area contributed by atoms with Gasteiger partial charge in [-0.3, -0.25) is 0 Å². The Labute approximate surface area is 131 Å². The molecule has 0 radical (unpaired) electrons. The van der Waals surface area contributed by atoms with Crippen LogP contribution in [0.1, 0.15) is 16.7 Å². The van der Waals surface area contributed by atoms with E-state index in [2.05, 4.69) is 67.6 Å². The highest BCUT2D eigenvalue weighted by Gasteiger charge is 2.03. The predicted octanol–water partition coefficient (Wildman–Crippen LogP) is 5.51. The summed E-state index contributed by atoms with van der Waals surface area (Å²) in [4.78, 5) is 0. The SMILES string of the molecule is Cc1ccc(-c2ccc(-c3ccc(C#N)c(C)c3)cc2)cc1. The summed E-state index contributed by atoms with van der Waals surface area (Å²) in [5.74, 6) is 0.